The number of nitriles is 1. The van der Waals surface area contributed by atoms with Crippen molar-refractivity contribution in [2.45, 2.75) is 63.3 Å². The lowest BCUT2D eigenvalue weighted by atomic mass is 9.93. The highest BCUT2D eigenvalue weighted by Crippen LogP contribution is 2.43. The molecule has 4 rings (SSSR count). The zero-order valence-electron chi connectivity index (χ0n) is 17.0. The monoisotopic (exact) mass is 435 g/mol. The Morgan fingerprint density at radius 1 is 1.16 bits per heavy atom. The van der Waals surface area contributed by atoms with E-state index in [9.17, 15) is 18.4 Å². The number of halogens is 3. The molecule has 0 N–H and O–H groups in total. The smallest absolute Gasteiger partial charge is 0.433 e. The maximum Gasteiger partial charge on any atom is 0.433 e. The van der Waals surface area contributed by atoms with Gasteiger partial charge in [-0.25, -0.2) is 4.98 Å². The third kappa shape index (κ3) is 4.35. The van der Waals surface area contributed by atoms with Crippen LogP contribution in [0, 0.1) is 11.3 Å². The van der Waals surface area contributed by atoms with Crippen molar-refractivity contribution < 1.29 is 32.1 Å². The highest BCUT2D eigenvalue weighted by molar-refractivity contribution is 5.30. The van der Waals surface area contributed by atoms with Gasteiger partial charge in [0.1, 0.15) is 24.0 Å². The highest BCUT2D eigenvalue weighted by atomic mass is 19.4. The summed E-state index contributed by atoms with van der Waals surface area (Å²) >= 11 is 0. The quantitative estimate of drug-likeness (QED) is 0.725. The molecule has 4 heterocycles. The van der Waals surface area contributed by atoms with E-state index in [-0.39, 0.29) is 5.88 Å². The van der Waals surface area contributed by atoms with Gasteiger partial charge in [0.25, 0.3) is 0 Å². The number of rotatable bonds is 3. The van der Waals surface area contributed by atoms with Crippen molar-refractivity contribution in [1.29, 1.82) is 5.26 Å². The van der Waals surface area contributed by atoms with Gasteiger partial charge >= 0.3 is 6.18 Å². The van der Waals surface area contributed by atoms with Gasteiger partial charge in [0, 0.05) is 12.3 Å². The van der Waals surface area contributed by atoms with E-state index in [1.165, 1.54) is 18.3 Å². The summed E-state index contributed by atoms with van der Waals surface area (Å²) in [6.07, 6.45) is -6.48. The average molecular weight is 435 g/mol. The van der Waals surface area contributed by atoms with Crippen molar-refractivity contribution in [3.8, 4) is 11.9 Å². The Morgan fingerprint density at radius 2 is 1.90 bits per heavy atom. The average Bonchev–Trinajstić information content (AvgIpc) is 3.05. The summed E-state index contributed by atoms with van der Waals surface area (Å²) in [4.78, 5) is 7.89. The summed E-state index contributed by atoms with van der Waals surface area (Å²) in [6, 6.07) is 8.54. The molecule has 10 heteroatoms. The van der Waals surface area contributed by atoms with Crippen LogP contribution in [0.2, 0.25) is 0 Å². The maximum atomic E-state index is 13.1. The zero-order chi connectivity index (χ0) is 22.4. The fraction of sp³-hybridized carbons (Fsp3) is 0.476. The van der Waals surface area contributed by atoms with E-state index in [0.717, 1.165) is 6.07 Å². The molecule has 0 unspecified atom stereocenters. The van der Waals surface area contributed by atoms with Crippen LogP contribution in [0.1, 0.15) is 43.8 Å². The number of ether oxygens (including phenoxy) is 4. The number of hydrogen-bond donors (Lipinski definition) is 0. The Hall–Kier alpha value is -2.74. The molecule has 164 valence electrons. The third-order valence-corrected chi connectivity index (χ3v) is 5.08. The number of alkyl halides is 3. The lowest BCUT2D eigenvalue weighted by Crippen LogP contribution is -2.54. The van der Waals surface area contributed by atoms with Crippen LogP contribution in [0.3, 0.4) is 0 Å². The number of fused-ring (bicyclic) bond motifs is 1. The normalized spacial score (nSPS) is 29.8. The van der Waals surface area contributed by atoms with E-state index in [0.29, 0.717) is 11.3 Å². The van der Waals surface area contributed by atoms with Crippen LogP contribution in [-0.4, -0.2) is 40.2 Å². The second-order valence-corrected chi connectivity index (χ2v) is 7.85. The van der Waals surface area contributed by atoms with Crippen molar-refractivity contribution in [1.82, 2.24) is 9.97 Å². The summed E-state index contributed by atoms with van der Waals surface area (Å²) in [5, 5.41) is 9.23. The minimum atomic E-state index is -4.61. The number of hydrogen-bond acceptors (Lipinski definition) is 7. The number of aromatic nitrogens is 2. The fourth-order valence-corrected chi connectivity index (χ4v) is 3.81. The fourth-order valence-electron chi connectivity index (χ4n) is 3.81. The first-order valence-corrected chi connectivity index (χ1v) is 9.65. The molecule has 2 aliphatic rings. The van der Waals surface area contributed by atoms with Gasteiger partial charge < -0.3 is 18.9 Å². The lowest BCUT2D eigenvalue weighted by Gasteiger charge is -2.40. The Balaban J connectivity index is 1.73. The summed E-state index contributed by atoms with van der Waals surface area (Å²) in [7, 11) is 0. The van der Waals surface area contributed by atoms with E-state index in [4.69, 9.17) is 18.9 Å². The van der Waals surface area contributed by atoms with Gasteiger partial charge in [0.2, 0.25) is 5.88 Å². The molecule has 2 aromatic heterocycles. The highest BCUT2D eigenvalue weighted by Gasteiger charge is 2.56. The second kappa shape index (κ2) is 7.75. The van der Waals surface area contributed by atoms with E-state index in [1.807, 2.05) is 13.0 Å². The third-order valence-electron chi connectivity index (χ3n) is 5.08. The maximum absolute atomic E-state index is 13.1. The SMILES string of the molecule is C[C@H]1O[C@H](c2cc(C#N)ccn2)[C@H](Oc2cccc(C(F)(F)F)n2)[C@H]2OC(C)(C)O[C@H]21. The van der Waals surface area contributed by atoms with Crippen LogP contribution >= 0.6 is 0 Å². The summed E-state index contributed by atoms with van der Waals surface area (Å²) in [5.74, 6) is -1.17. The van der Waals surface area contributed by atoms with Gasteiger partial charge in [-0.1, -0.05) is 6.07 Å². The van der Waals surface area contributed by atoms with E-state index in [2.05, 4.69) is 9.97 Å². The van der Waals surface area contributed by atoms with E-state index < -0.39 is 48.2 Å². The zero-order valence-corrected chi connectivity index (χ0v) is 17.0. The van der Waals surface area contributed by atoms with Crippen molar-refractivity contribution in [2.75, 3.05) is 0 Å². The molecule has 2 aliphatic heterocycles. The first-order chi connectivity index (χ1) is 14.6. The van der Waals surface area contributed by atoms with Crippen molar-refractivity contribution in [2.24, 2.45) is 0 Å². The molecule has 5 atom stereocenters. The molecule has 31 heavy (non-hydrogen) atoms. The molecule has 2 aromatic rings. The minimum absolute atomic E-state index is 0.230. The lowest BCUT2D eigenvalue weighted by molar-refractivity contribution is -0.178. The predicted octanol–water partition coefficient (Wildman–Crippen LogP) is 3.79. The van der Waals surface area contributed by atoms with Crippen LogP contribution in [-0.2, 0) is 20.4 Å². The Morgan fingerprint density at radius 3 is 2.61 bits per heavy atom. The predicted molar refractivity (Wildman–Crippen MR) is 99.7 cm³/mol. The van der Waals surface area contributed by atoms with Gasteiger partial charge in [0.05, 0.1) is 23.4 Å². The molecule has 2 fully saturated rings. The van der Waals surface area contributed by atoms with Gasteiger partial charge in [0.15, 0.2) is 11.9 Å². The molecule has 0 aliphatic carbocycles. The first kappa shape index (κ1) is 21.5. The standard InChI is InChI=1S/C21H20F3N3O4/c1-11-16-19(31-20(2,3)30-16)18(17(28-11)13-9-12(10-25)7-8-26-13)29-15-6-4-5-14(27-15)21(22,23)24/h4-9,11,16-19H,1-3H3/t11-,16+,17-,18+,19+/m1/s1. The van der Waals surface area contributed by atoms with Gasteiger partial charge in [-0.3, -0.25) is 4.98 Å². The molecular formula is C21H20F3N3O4. The van der Waals surface area contributed by atoms with Crippen LogP contribution in [0.4, 0.5) is 13.2 Å². The molecule has 0 radical (unpaired) electrons. The Kier molecular flexibility index (Phi) is 5.37. The molecule has 7 nitrogen and oxygen atoms in total. The first-order valence-electron chi connectivity index (χ1n) is 9.65. The minimum Gasteiger partial charge on any atom is -0.468 e. The van der Waals surface area contributed by atoms with Crippen molar-refractivity contribution in [3.05, 3.63) is 53.5 Å². The van der Waals surface area contributed by atoms with Gasteiger partial charge in [-0.2, -0.15) is 18.4 Å². The Bertz CT molecular complexity index is 1010. The van der Waals surface area contributed by atoms with Crippen LogP contribution in [0.25, 0.3) is 0 Å². The van der Waals surface area contributed by atoms with E-state index in [1.54, 1.807) is 26.0 Å². The molecule has 0 spiro atoms. The number of pyridine rings is 2. The van der Waals surface area contributed by atoms with Crippen molar-refractivity contribution in [3.63, 3.8) is 0 Å². The summed E-state index contributed by atoms with van der Waals surface area (Å²) in [6.45, 7) is 5.28. The molecule has 0 amide bonds. The Labute approximate surface area is 176 Å². The van der Waals surface area contributed by atoms with Gasteiger partial charge in [-0.15, -0.1) is 0 Å². The largest absolute Gasteiger partial charge is 0.468 e. The molecule has 0 saturated carbocycles. The van der Waals surface area contributed by atoms with Crippen LogP contribution < -0.4 is 4.74 Å². The van der Waals surface area contributed by atoms with Crippen molar-refractivity contribution >= 4 is 0 Å². The topological polar surface area (TPSA) is 86.5 Å². The summed E-state index contributed by atoms with van der Waals surface area (Å²) < 4.78 is 63.3. The molecule has 0 aromatic carbocycles. The van der Waals surface area contributed by atoms with Crippen LogP contribution in [0.5, 0.6) is 5.88 Å². The van der Waals surface area contributed by atoms with E-state index >= 15 is 0 Å². The second-order valence-electron chi connectivity index (χ2n) is 7.85. The number of nitrogens with zero attached hydrogens (tertiary/aromatic N) is 3. The molecule has 0 bridgehead atoms. The van der Waals surface area contributed by atoms with Gasteiger partial charge in [-0.05, 0) is 39.0 Å². The molecule has 2 saturated heterocycles. The van der Waals surface area contributed by atoms with Crippen LogP contribution in [0.15, 0.2) is 36.5 Å². The molecular weight excluding hydrogens is 415 g/mol. The summed E-state index contributed by atoms with van der Waals surface area (Å²) in [5.41, 5.74) is -0.311.